The standard InChI is InChI=1S/C17H21ClN2O2/c1-11-13-6-3-7-14(18)16(13)22-15(11)17(21)20-8-4-5-12(10-20)9-19-2/h3,6-7,12,19H,4-5,8-10H2,1-2H3. The molecule has 3 rings (SSSR count). The second-order valence-electron chi connectivity index (χ2n) is 5.99. The molecule has 1 aliphatic heterocycles. The number of nitrogens with zero attached hydrogens (tertiary/aromatic N) is 1. The van der Waals surface area contributed by atoms with E-state index in [-0.39, 0.29) is 5.91 Å². The highest BCUT2D eigenvalue weighted by Crippen LogP contribution is 2.32. The van der Waals surface area contributed by atoms with Gasteiger partial charge in [-0.1, -0.05) is 23.7 Å². The number of nitrogens with one attached hydrogen (secondary N) is 1. The number of aryl methyl sites for hydroxylation is 1. The number of rotatable bonds is 3. The molecule has 1 atom stereocenters. The summed E-state index contributed by atoms with van der Waals surface area (Å²) in [5.41, 5.74) is 1.48. The highest BCUT2D eigenvalue weighted by Gasteiger charge is 2.28. The summed E-state index contributed by atoms with van der Waals surface area (Å²) < 4.78 is 5.80. The second-order valence-corrected chi connectivity index (χ2v) is 6.40. The summed E-state index contributed by atoms with van der Waals surface area (Å²) in [5.74, 6) is 0.912. The minimum absolute atomic E-state index is 0.0226. The van der Waals surface area contributed by atoms with E-state index in [4.69, 9.17) is 16.0 Å². The lowest BCUT2D eigenvalue weighted by Crippen LogP contribution is -2.42. The number of amides is 1. The predicted molar refractivity (Wildman–Crippen MR) is 88.5 cm³/mol. The van der Waals surface area contributed by atoms with Gasteiger partial charge in [0.25, 0.3) is 5.91 Å². The maximum Gasteiger partial charge on any atom is 0.289 e. The summed E-state index contributed by atoms with van der Waals surface area (Å²) in [5, 5.41) is 4.66. The van der Waals surface area contributed by atoms with Crippen LogP contribution >= 0.6 is 11.6 Å². The molecule has 0 bridgehead atoms. The van der Waals surface area contributed by atoms with Crippen LogP contribution in [0.2, 0.25) is 5.02 Å². The topological polar surface area (TPSA) is 45.5 Å². The van der Waals surface area contributed by atoms with Crippen LogP contribution in [0.25, 0.3) is 11.0 Å². The molecule has 4 nitrogen and oxygen atoms in total. The van der Waals surface area contributed by atoms with Crippen LogP contribution in [0.15, 0.2) is 22.6 Å². The SMILES string of the molecule is CNCC1CCCN(C(=O)c2oc3c(Cl)cccc3c2C)C1. The molecule has 1 amide bonds. The Balaban J connectivity index is 1.89. The maximum atomic E-state index is 12.8. The van der Waals surface area contributed by atoms with Gasteiger partial charge in [0, 0.05) is 24.0 Å². The summed E-state index contributed by atoms with van der Waals surface area (Å²) in [7, 11) is 1.95. The van der Waals surface area contributed by atoms with Crippen molar-refractivity contribution in [3.8, 4) is 0 Å². The third-order valence-corrected chi connectivity index (χ3v) is 4.71. The highest BCUT2D eigenvalue weighted by molar-refractivity contribution is 6.35. The molecule has 0 radical (unpaired) electrons. The van der Waals surface area contributed by atoms with E-state index in [0.717, 1.165) is 43.4 Å². The minimum Gasteiger partial charge on any atom is -0.449 e. The van der Waals surface area contributed by atoms with E-state index in [1.165, 1.54) is 0 Å². The molecule has 118 valence electrons. The van der Waals surface area contributed by atoms with Crippen molar-refractivity contribution in [1.82, 2.24) is 10.2 Å². The van der Waals surface area contributed by atoms with E-state index in [1.54, 1.807) is 6.07 Å². The Kier molecular flexibility index (Phi) is 4.41. The smallest absolute Gasteiger partial charge is 0.289 e. The molecule has 1 saturated heterocycles. The lowest BCUT2D eigenvalue weighted by molar-refractivity contribution is 0.0643. The number of halogens is 1. The fourth-order valence-corrected chi connectivity index (χ4v) is 3.47. The number of furan rings is 1. The molecule has 1 aromatic heterocycles. The van der Waals surface area contributed by atoms with Gasteiger partial charge in [-0.25, -0.2) is 0 Å². The van der Waals surface area contributed by atoms with E-state index < -0.39 is 0 Å². The van der Waals surface area contributed by atoms with E-state index in [2.05, 4.69) is 5.32 Å². The number of hydrogen-bond acceptors (Lipinski definition) is 3. The van der Waals surface area contributed by atoms with Crippen molar-refractivity contribution in [3.05, 3.63) is 34.5 Å². The molecule has 1 unspecified atom stereocenters. The average Bonchev–Trinajstić information content (AvgIpc) is 2.86. The second kappa shape index (κ2) is 6.31. The van der Waals surface area contributed by atoms with Crippen LogP contribution in [0, 0.1) is 12.8 Å². The van der Waals surface area contributed by atoms with Crippen molar-refractivity contribution in [2.75, 3.05) is 26.7 Å². The minimum atomic E-state index is -0.0226. The number of hydrogen-bond donors (Lipinski definition) is 1. The van der Waals surface area contributed by atoms with Crippen LogP contribution in [-0.2, 0) is 0 Å². The Bertz CT molecular complexity index is 693. The molecular weight excluding hydrogens is 300 g/mol. The molecule has 0 aliphatic carbocycles. The third-order valence-electron chi connectivity index (χ3n) is 4.41. The molecule has 1 aliphatic rings. The van der Waals surface area contributed by atoms with Crippen molar-refractivity contribution in [3.63, 3.8) is 0 Å². The molecule has 0 saturated carbocycles. The van der Waals surface area contributed by atoms with Gasteiger partial charge >= 0.3 is 0 Å². The molecule has 22 heavy (non-hydrogen) atoms. The van der Waals surface area contributed by atoms with Crippen LogP contribution in [0.5, 0.6) is 0 Å². The number of piperidine rings is 1. The van der Waals surface area contributed by atoms with Gasteiger partial charge in [0.1, 0.15) is 0 Å². The average molecular weight is 321 g/mol. The first-order chi connectivity index (χ1) is 10.6. The zero-order valence-corrected chi connectivity index (χ0v) is 13.7. The normalized spacial score (nSPS) is 18.9. The number of likely N-dealkylation sites (tertiary alicyclic amines) is 1. The number of benzene rings is 1. The largest absolute Gasteiger partial charge is 0.449 e. The van der Waals surface area contributed by atoms with Crippen LogP contribution in [0.1, 0.15) is 29.0 Å². The zero-order valence-electron chi connectivity index (χ0n) is 13.0. The Labute approximate surface area is 135 Å². The number of carbonyl (C=O) groups is 1. The molecule has 2 aromatic rings. The lowest BCUT2D eigenvalue weighted by Gasteiger charge is -2.32. The molecular formula is C17H21ClN2O2. The quantitative estimate of drug-likeness (QED) is 0.942. The fourth-order valence-electron chi connectivity index (χ4n) is 3.26. The van der Waals surface area contributed by atoms with Crippen molar-refractivity contribution < 1.29 is 9.21 Å². The summed E-state index contributed by atoms with van der Waals surface area (Å²) in [6.45, 7) is 4.44. The Hall–Kier alpha value is -1.52. The third kappa shape index (κ3) is 2.73. The molecule has 5 heteroatoms. The molecule has 1 fully saturated rings. The highest BCUT2D eigenvalue weighted by atomic mass is 35.5. The van der Waals surface area contributed by atoms with Crippen molar-refractivity contribution in [2.24, 2.45) is 5.92 Å². The van der Waals surface area contributed by atoms with Gasteiger partial charge in [0.05, 0.1) is 5.02 Å². The van der Waals surface area contributed by atoms with Gasteiger partial charge in [-0.2, -0.15) is 0 Å². The number of para-hydroxylation sites is 1. The number of fused-ring (bicyclic) bond motifs is 1. The van der Waals surface area contributed by atoms with Gasteiger partial charge in [-0.15, -0.1) is 0 Å². The van der Waals surface area contributed by atoms with Crippen molar-refractivity contribution in [1.29, 1.82) is 0 Å². The van der Waals surface area contributed by atoms with Crippen LogP contribution in [0.4, 0.5) is 0 Å². The Morgan fingerprint density at radius 3 is 3.05 bits per heavy atom. The van der Waals surface area contributed by atoms with E-state index >= 15 is 0 Å². The molecule has 1 N–H and O–H groups in total. The van der Waals surface area contributed by atoms with Gasteiger partial charge in [0.15, 0.2) is 11.3 Å². The number of carbonyl (C=O) groups excluding carboxylic acids is 1. The fraction of sp³-hybridized carbons (Fsp3) is 0.471. The van der Waals surface area contributed by atoms with Crippen LogP contribution < -0.4 is 5.32 Å². The van der Waals surface area contributed by atoms with E-state index in [9.17, 15) is 4.79 Å². The maximum absolute atomic E-state index is 12.8. The predicted octanol–water partition coefficient (Wildman–Crippen LogP) is 3.47. The summed E-state index contributed by atoms with van der Waals surface area (Å²) in [6, 6.07) is 5.60. The van der Waals surface area contributed by atoms with Gasteiger partial charge in [-0.05, 0) is 45.3 Å². The first-order valence-electron chi connectivity index (χ1n) is 7.73. The van der Waals surface area contributed by atoms with Crippen molar-refractivity contribution in [2.45, 2.75) is 19.8 Å². The Morgan fingerprint density at radius 1 is 1.50 bits per heavy atom. The molecule has 2 heterocycles. The monoisotopic (exact) mass is 320 g/mol. The summed E-state index contributed by atoms with van der Waals surface area (Å²) in [6.07, 6.45) is 2.20. The van der Waals surface area contributed by atoms with Crippen LogP contribution in [-0.4, -0.2) is 37.5 Å². The van der Waals surface area contributed by atoms with E-state index in [0.29, 0.717) is 22.3 Å². The van der Waals surface area contributed by atoms with Crippen molar-refractivity contribution >= 4 is 28.5 Å². The van der Waals surface area contributed by atoms with Crippen LogP contribution in [0.3, 0.4) is 0 Å². The zero-order chi connectivity index (χ0) is 15.7. The lowest BCUT2D eigenvalue weighted by atomic mass is 9.97. The van der Waals surface area contributed by atoms with Gasteiger partial charge in [0.2, 0.25) is 0 Å². The summed E-state index contributed by atoms with van der Waals surface area (Å²) >= 11 is 6.17. The first kappa shape index (κ1) is 15.4. The summed E-state index contributed by atoms with van der Waals surface area (Å²) in [4.78, 5) is 14.7. The molecule has 0 spiro atoms. The Morgan fingerprint density at radius 2 is 2.32 bits per heavy atom. The van der Waals surface area contributed by atoms with E-state index in [1.807, 2.05) is 31.0 Å². The molecule has 1 aromatic carbocycles. The first-order valence-corrected chi connectivity index (χ1v) is 8.11. The van der Waals surface area contributed by atoms with Gasteiger partial charge in [-0.3, -0.25) is 4.79 Å². The van der Waals surface area contributed by atoms with Gasteiger partial charge < -0.3 is 14.6 Å².